The van der Waals surface area contributed by atoms with Crippen LogP contribution >= 0.6 is 0 Å². The summed E-state index contributed by atoms with van der Waals surface area (Å²) in [4.78, 5) is 21.9. The van der Waals surface area contributed by atoms with Crippen molar-refractivity contribution in [2.45, 2.75) is 75.7 Å². The molecule has 1 aromatic rings. The predicted molar refractivity (Wildman–Crippen MR) is 116 cm³/mol. The lowest BCUT2D eigenvalue weighted by Crippen LogP contribution is -2.52. The zero-order chi connectivity index (χ0) is 20.8. The van der Waals surface area contributed by atoms with E-state index in [0.717, 1.165) is 64.2 Å². The third-order valence-corrected chi connectivity index (χ3v) is 6.80. The van der Waals surface area contributed by atoms with Crippen LogP contribution in [0, 0.1) is 0 Å². The van der Waals surface area contributed by atoms with Crippen LogP contribution in [0.5, 0.6) is 0 Å². The van der Waals surface area contributed by atoms with E-state index in [9.17, 15) is 9.90 Å². The van der Waals surface area contributed by atoms with Crippen molar-refractivity contribution in [3.63, 3.8) is 0 Å². The number of nitrogens with one attached hydrogen (secondary N) is 1. The van der Waals surface area contributed by atoms with Gasteiger partial charge < -0.3 is 20.1 Å². The minimum atomic E-state index is -0.716. The predicted octanol–water partition coefficient (Wildman–Crippen LogP) is 1.95. The van der Waals surface area contributed by atoms with Crippen LogP contribution in [0.2, 0.25) is 0 Å². The number of carbonyl (C=O) groups is 1. The molecule has 3 heterocycles. The van der Waals surface area contributed by atoms with Crippen molar-refractivity contribution >= 4 is 11.7 Å². The zero-order valence-corrected chi connectivity index (χ0v) is 17.9. The second-order valence-electron chi connectivity index (χ2n) is 8.97. The van der Waals surface area contributed by atoms with Crippen LogP contribution in [0.1, 0.15) is 51.4 Å². The second-order valence-corrected chi connectivity index (χ2v) is 8.97. The molecule has 4 rings (SSSR count). The number of amides is 1. The summed E-state index contributed by atoms with van der Waals surface area (Å²) in [5.41, 5.74) is 0. The number of piperazine rings is 1. The van der Waals surface area contributed by atoms with Crippen LogP contribution in [0.25, 0.3) is 0 Å². The number of aromatic nitrogens is 1. The van der Waals surface area contributed by atoms with E-state index in [1.807, 2.05) is 18.3 Å². The number of hydrogen-bond acceptors (Lipinski definition) is 6. The Morgan fingerprint density at radius 1 is 1.10 bits per heavy atom. The summed E-state index contributed by atoms with van der Waals surface area (Å²) in [6.07, 6.45) is 8.55. The SMILES string of the molecule is O=C(NC1CCCCC1)[C@H]1O[C@@H](CCN2CCN(c3ccccn3)CC2)CC[C@@H]1O. The van der Waals surface area contributed by atoms with Gasteiger partial charge in [-0.25, -0.2) is 4.98 Å². The molecule has 2 N–H and O–H groups in total. The smallest absolute Gasteiger partial charge is 0.252 e. The van der Waals surface area contributed by atoms with Crippen molar-refractivity contribution in [1.29, 1.82) is 0 Å². The molecule has 3 fully saturated rings. The summed E-state index contributed by atoms with van der Waals surface area (Å²) in [7, 11) is 0. The van der Waals surface area contributed by atoms with Crippen molar-refractivity contribution in [2.24, 2.45) is 0 Å². The topological polar surface area (TPSA) is 77.9 Å². The molecular formula is C23H36N4O3. The molecule has 1 aliphatic carbocycles. The van der Waals surface area contributed by atoms with Gasteiger partial charge in [0.15, 0.2) is 6.10 Å². The number of hydrogen-bond donors (Lipinski definition) is 2. The highest BCUT2D eigenvalue weighted by Crippen LogP contribution is 2.24. The maximum Gasteiger partial charge on any atom is 0.252 e. The molecule has 7 heteroatoms. The Balaban J connectivity index is 1.20. The van der Waals surface area contributed by atoms with Crippen molar-refractivity contribution < 1.29 is 14.6 Å². The fourth-order valence-corrected chi connectivity index (χ4v) is 4.92. The molecular weight excluding hydrogens is 380 g/mol. The molecule has 0 bridgehead atoms. The molecule has 2 aliphatic heterocycles. The van der Waals surface area contributed by atoms with Crippen LogP contribution < -0.4 is 10.2 Å². The lowest BCUT2D eigenvalue weighted by atomic mass is 9.94. The quantitative estimate of drug-likeness (QED) is 0.738. The molecule has 0 unspecified atom stereocenters. The monoisotopic (exact) mass is 416 g/mol. The molecule has 7 nitrogen and oxygen atoms in total. The minimum absolute atomic E-state index is 0.0457. The van der Waals surface area contributed by atoms with Gasteiger partial charge in [-0.3, -0.25) is 9.69 Å². The Labute approximate surface area is 179 Å². The van der Waals surface area contributed by atoms with E-state index >= 15 is 0 Å². The van der Waals surface area contributed by atoms with E-state index in [0.29, 0.717) is 6.42 Å². The maximum atomic E-state index is 12.7. The first-order valence-corrected chi connectivity index (χ1v) is 11.7. The number of aliphatic hydroxyl groups excluding tert-OH is 1. The number of rotatable bonds is 6. The van der Waals surface area contributed by atoms with E-state index in [1.165, 1.54) is 19.3 Å². The van der Waals surface area contributed by atoms with Gasteiger partial charge in [0.25, 0.3) is 5.91 Å². The van der Waals surface area contributed by atoms with Crippen molar-refractivity contribution in [3.05, 3.63) is 24.4 Å². The van der Waals surface area contributed by atoms with E-state index in [-0.39, 0.29) is 18.1 Å². The molecule has 166 valence electrons. The van der Waals surface area contributed by atoms with Gasteiger partial charge in [0.2, 0.25) is 0 Å². The molecule has 0 spiro atoms. The van der Waals surface area contributed by atoms with E-state index in [4.69, 9.17) is 4.74 Å². The van der Waals surface area contributed by atoms with Gasteiger partial charge in [-0.1, -0.05) is 25.3 Å². The van der Waals surface area contributed by atoms with E-state index < -0.39 is 12.2 Å². The zero-order valence-electron chi connectivity index (χ0n) is 17.9. The van der Waals surface area contributed by atoms with Gasteiger partial charge in [-0.2, -0.15) is 0 Å². The first kappa shape index (κ1) is 21.5. The molecule has 3 aliphatic rings. The summed E-state index contributed by atoms with van der Waals surface area (Å²) >= 11 is 0. The first-order chi connectivity index (χ1) is 14.7. The largest absolute Gasteiger partial charge is 0.390 e. The van der Waals surface area contributed by atoms with Gasteiger partial charge >= 0.3 is 0 Å². The van der Waals surface area contributed by atoms with Crippen molar-refractivity contribution in [2.75, 3.05) is 37.6 Å². The van der Waals surface area contributed by atoms with Gasteiger partial charge in [-0.05, 0) is 44.2 Å². The Morgan fingerprint density at radius 2 is 1.90 bits per heavy atom. The number of aliphatic hydroxyl groups is 1. The average molecular weight is 417 g/mol. The van der Waals surface area contributed by atoms with Gasteiger partial charge in [-0.15, -0.1) is 0 Å². The molecule has 0 radical (unpaired) electrons. The van der Waals surface area contributed by atoms with Crippen LogP contribution in [0.3, 0.4) is 0 Å². The molecule has 1 aromatic heterocycles. The summed E-state index contributed by atoms with van der Waals surface area (Å²) in [6.45, 7) is 4.95. The molecule has 1 saturated carbocycles. The van der Waals surface area contributed by atoms with E-state index in [1.54, 1.807) is 0 Å². The first-order valence-electron chi connectivity index (χ1n) is 11.7. The van der Waals surface area contributed by atoms with Crippen LogP contribution in [0.15, 0.2) is 24.4 Å². The second kappa shape index (κ2) is 10.6. The minimum Gasteiger partial charge on any atom is -0.390 e. The third kappa shape index (κ3) is 5.71. The maximum absolute atomic E-state index is 12.7. The average Bonchev–Trinajstić information content (AvgIpc) is 2.80. The highest BCUT2D eigenvalue weighted by molar-refractivity contribution is 5.81. The fourth-order valence-electron chi connectivity index (χ4n) is 4.92. The standard InChI is InChI=1S/C23H36N4O3/c28-20-10-9-19(30-22(20)23(29)25-18-6-2-1-3-7-18)11-13-26-14-16-27(17-15-26)21-8-4-5-12-24-21/h4-5,8,12,18-20,22,28H,1-3,6-7,9-11,13-17H2,(H,25,29)/t19-,20+,22+/m1/s1. The fraction of sp³-hybridized carbons (Fsp3) is 0.739. The van der Waals surface area contributed by atoms with Crippen LogP contribution in [-0.4, -0.2) is 78.0 Å². The van der Waals surface area contributed by atoms with Crippen molar-refractivity contribution in [1.82, 2.24) is 15.2 Å². The third-order valence-electron chi connectivity index (χ3n) is 6.80. The van der Waals surface area contributed by atoms with E-state index in [2.05, 4.69) is 26.2 Å². The highest BCUT2D eigenvalue weighted by atomic mass is 16.5. The number of pyridine rings is 1. The molecule has 2 saturated heterocycles. The summed E-state index contributed by atoms with van der Waals surface area (Å²) in [5.74, 6) is 0.927. The number of anilines is 1. The Kier molecular flexibility index (Phi) is 7.57. The lowest BCUT2D eigenvalue weighted by molar-refractivity contribution is -0.159. The van der Waals surface area contributed by atoms with Gasteiger partial charge in [0.1, 0.15) is 5.82 Å². The van der Waals surface area contributed by atoms with Crippen LogP contribution in [-0.2, 0) is 9.53 Å². The molecule has 30 heavy (non-hydrogen) atoms. The molecule has 1 amide bonds. The van der Waals surface area contributed by atoms with Crippen LogP contribution in [0.4, 0.5) is 5.82 Å². The summed E-state index contributed by atoms with van der Waals surface area (Å²) < 4.78 is 6.07. The lowest BCUT2D eigenvalue weighted by Gasteiger charge is -2.38. The molecule has 3 atom stereocenters. The Bertz CT molecular complexity index is 660. The Hall–Kier alpha value is -1.70. The van der Waals surface area contributed by atoms with Gasteiger partial charge in [0.05, 0.1) is 12.2 Å². The Morgan fingerprint density at radius 3 is 2.63 bits per heavy atom. The summed E-state index contributed by atoms with van der Waals surface area (Å²) in [5, 5.41) is 13.5. The normalized spacial score (nSPS) is 29.0. The van der Waals surface area contributed by atoms with Crippen molar-refractivity contribution in [3.8, 4) is 0 Å². The number of nitrogens with zero attached hydrogens (tertiary/aromatic N) is 3. The number of carbonyl (C=O) groups excluding carboxylic acids is 1. The number of ether oxygens (including phenoxy) is 1. The molecule has 0 aromatic carbocycles. The summed E-state index contributed by atoms with van der Waals surface area (Å²) in [6, 6.07) is 6.29. The highest BCUT2D eigenvalue weighted by Gasteiger charge is 2.36. The van der Waals surface area contributed by atoms with Gasteiger partial charge in [0, 0.05) is 45.0 Å².